The van der Waals surface area contributed by atoms with Gasteiger partial charge in [0.1, 0.15) is 6.07 Å². The molecule has 0 saturated carbocycles. The third-order valence-electron chi connectivity index (χ3n) is 3.03. The van der Waals surface area contributed by atoms with Crippen LogP contribution in [-0.2, 0) is 4.79 Å². The molecule has 0 radical (unpaired) electrons. The molecule has 1 aliphatic heterocycles. The van der Waals surface area contributed by atoms with E-state index in [1.165, 1.54) is 0 Å². The predicted molar refractivity (Wildman–Crippen MR) is 73.1 cm³/mol. The van der Waals surface area contributed by atoms with Gasteiger partial charge in [-0.15, -0.1) is 0 Å². The monoisotopic (exact) mass is 307 g/mol. The maximum Gasteiger partial charge on any atom is 0.228 e. The molecule has 1 atom stereocenters. The standard InChI is InChI=1S/C13H14BrN3O/c14-11-3-4-12(10(6-11)7-15)17-13(18)9-2-1-5-16-8-9/h3-4,6,9,16H,1-2,5,8H2,(H,17,18). The van der Waals surface area contributed by atoms with Gasteiger partial charge in [-0.2, -0.15) is 5.26 Å². The molecule has 0 bridgehead atoms. The summed E-state index contributed by atoms with van der Waals surface area (Å²) < 4.78 is 0.830. The van der Waals surface area contributed by atoms with Crippen molar-refractivity contribution in [3.05, 3.63) is 28.2 Å². The van der Waals surface area contributed by atoms with E-state index in [4.69, 9.17) is 5.26 Å². The first kappa shape index (κ1) is 13.1. The van der Waals surface area contributed by atoms with Gasteiger partial charge in [0.15, 0.2) is 0 Å². The lowest BCUT2D eigenvalue weighted by molar-refractivity contribution is -0.120. The number of anilines is 1. The first-order valence-corrected chi connectivity index (χ1v) is 6.71. The average Bonchev–Trinajstić information content (AvgIpc) is 2.41. The molecule has 0 spiro atoms. The fourth-order valence-corrected chi connectivity index (χ4v) is 2.39. The summed E-state index contributed by atoms with van der Waals surface area (Å²) in [4.78, 5) is 12.0. The maximum atomic E-state index is 12.0. The third kappa shape index (κ3) is 3.09. The molecule has 5 heteroatoms. The van der Waals surface area contributed by atoms with Crippen LogP contribution in [0.25, 0.3) is 0 Å². The fraction of sp³-hybridized carbons (Fsp3) is 0.385. The zero-order valence-electron chi connectivity index (χ0n) is 9.87. The molecular weight excluding hydrogens is 294 g/mol. The highest BCUT2D eigenvalue weighted by atomic mass is 79.9. The summed E-state index contributed by atoms with van der Waals surface area (Å²) in [5.41, 5.74) is 1.05. The Morgan fingerprint density at radius 2 is 2.39 bits per heavy atom. The quantitative estimate of drug-likeness (QED) is 0.881. The smallest absolute Gasteiger partial charge is 0.228 e. The lowest BCUT2D eigenvalue weighted by Crippen LogP contribution is -2.37. The van der Waals surface area contributed by atoms with Crippen LogP contribution in [0.3, 0.4) is 0 Å². The zero-order valence-corrected chi connectivity index (χ0v) is 11.5. The molecule has 1 heterocycles. The Hall–Kier alpha value is -1.38. The SMILES string of the molecule is N#Cc1cc(Br)ccc1NC(=O)C1CCCNC1. The van der Waals surface area contributed by atoms with Crippen LogP contribution in [0.15, 0.2) is 22.7 Å². The highest BCUT2D eigenvalue weighted by Crippen LogP contribution is 2.21. The van der Waals surface area contributed by atoms with Crippen molar-refractivity contribution in [1.82, 2.24) is 5.32 Å². The number of rotatable bonds is 2. The van der Waals surface area contributed by atoms with Crippen molar-refractivity contribution in [3.8, 4) is 6.07 Å². The van der Waals surface area contributed by atoms with Gasteiger partial charge in [-0.1, -0.05) is 15.9 Å². The van der Waals surface area contributed by atoms with Crippen LogP contribution in [0.5, 0.6) is 0 Å². The lowest BCUT2D eigenvalue weighted by atomic mass is 9.98. The Bertz CT molecular complexity index is 489. The van der Waals surface area contributed by atoms with Crippen LogP contribution in [0.4, 0.5) is 5.69 Å². The molecule has 1 unspecified atom stereocenters. The van der Waals surface area contributed by atoms with Crippen LogP contribution in [0.2, 0.25) is 0 Å². The lowest BCUT2D eigenvalue weighted by Gasteiger charge is -2.22. The molecule has 1 aromatic rings. The number of amides is 1. The number of nitrogens with one attached hydrogen (secondary N) is 2. The van der Waals surface area contributed by atoms with Gasteiger partial charge in [0.2, 0.25) is 5.91 Å². The molecular formula is C13H14BrN3O. The van der Waals surface area contributed by atoms with E-state index in [0.29, 0.717) is 17.8 Å². The Morgan fingerprint density at radius 1 is 1.56 bits per heavy atom. The van der Waals surface area contributed by atoms with Gasteiger partial charge in [-0.05, 0) is 37.6 Å². The van der Waals surface area contributed by atoms with Gasteiger partial charge in [0.05, 0.1) is 17.2 Å². The Labute approximate surface area is 115 Å². The minimum atomic E-state index is -0.0129. The van der Waals surface area contributed by atoms with Gasteiger partial charge in [-0.25, -0.2) is 0 Å². The Morgan fingerprint density at radius 3 is 3.06 bits per heavy atom. The topological polar surface area (TPSA) is 64.9 Å². The number of hydrogen-bond donors (Lipinski definition) is 2. The van der Waals surface area contributed by atoms with Crippen LogP contribution in [-0.4, -0.2) is 19.0 Å². The number of carbonyl (C=O) groups excluding carboxylic acids is 1. The van der Waals surface area contributed by atoms with E-state index >= 15 is 0 Å². The Balaban J connectivity index is 2.09. The summed E-state index contributed by atoms with van der Waals surface area (Å²) in [6.45, 7) is 1.69. The molecule has 2 rings (SSSR count). The predicted octanol–water partition coefficient (Wildman–Crippen LogP) is 2.26. The summed E-state index contributed by atoms with van der Waals surface area (Å²) in [6.07, 6.45) is 1.92. The number of halogens is 1. The van der Waals surface area contributed by atoms with Gasteiger partial charge in [0.25, 0.3) is 0 Å². The van der Waals surface area contributed by atoms with E-state index in [1.54, 1.807) is 12.1 Å². The minimum Gasteiger partial charge on any atom is -0.325 e. The summed E-state index contributed by atoms with van der Waals surface area (Å²) in [5, 5.41) is 15.1. The third-order valence-corrected chi connectivity index (χ3v) is 3.52. The van der Waals surface area contributed by atoms with E-state index in [9.17, 15) is 4.79 Å². The zero-order chi connectivity index (χ0) is 13.0. The van der Waals surface area contributed by atoms with E-state index in [1.807, 2.05) is 6.07 Å². The van der Waals surface area contributed by atoms with Crippen molar-refractivity contribution < 1.29 is 4.79 Å². The number of nitriles is 1. The summed E-state index contributed by atoms with van der Waals surface area (Å²) >= 11 is 3.31. The fourth-order valence-electron chi connectivity index (χ4n) is 2.03. The summed E-state index contributed by atoms with van der Waals surface area (Å²) in [6, 6.07) is 7.35. The molecule has 94 valence electrons. The molecule has 1 fully saturated rings. The molecule has 1 saturated heterocycles. The number of carbonyl (C=O) groups is 1. The normalized spacial score (nSPS) is 19.0. The van der Waals surface area contributed by atoms with Crippen molar-refractivity contribution in [2.45, 2.75) is 12.8 Å². The first-order valence-electron chi connectivity index (χ1n) is 5.92. The van der Waals surface area contributed by atoms with Gasteiger partial charge in [0, 0.05) is 11.0 Å². The molecule has 1 aromatic carbocycles. The summed E-state index contributed by atoms with van der Waals surface area (Å²) in [7, 11) is 0. The molecule has 2 N–H and O–H groups in total. The largest absolute Gasteiger partial charge is 0.325 e. The van der Waals surface area contributed by atoms with Crippen molar-refractivity contribution in [1.29, 1.82) is 5.26 Å². The average molecular weight is 308 g/mol. The molecule has 0 aromatic heterocycles. The Kier molecular flexibility index (Phi) is 4.34. The van der Waals surface area contributed by atoms with E-state index in [2.05, 4.69) is 32.6 Å². The van der Waals surface area contributed by atoms with Crippen LogP contribution >= 0.6 is 15.9 Å². The van der Waals surface area contributed by atoms with E-state index in [-0.39, 0.29) is 11.8 Å². The number of benzene rings is 1. The molecule has 18 heavy (non-hydrogen) atoms. The molecule has 0 aliphatic carbocycles. The van der Waals surface area contributed by atoms with Crippen molar-refractivity contribution >= 4 is 27.5 Å². The first-order chi connectivity index (χ1) is 8.70. The number of hydrogen-bond acceptors (Lipinski definition) is 3. The maximum absolute atomic E-state index is 12.0. The second kappa shape index (κ2) is 5.98. The van der Waals surface area contributed by atoms with Crippen molar-refractivity contribution in [2.75, 3.05) is 18.4 Å². The summed E-state index contributed by atoms with van der Waals surface area (Å²) in [5.74, 6) is -0.0186. The van der Waals surface area contributed by atoms with Crippen LogP contribution in [0, 0.1) is 17.2 Å². The van der Waals surface area contributed by atoms with Gasteiger partial charge in [-0.3, -0.25) is 4.79 Å². The van der Waals surface area contributed by atoms with Crippen LogP contribution < -0.4 is 10.6 Å². The molecule has 1 aliphatic rings. The number of piperidine rings is 1. The number of nitrogens with zero attached hydrogens (tertiary/aromatic N) is 1. The second-order valence-electron chi connectivity index (χ2n) is 4.33. The molecule has 4 nitrogen and oxygen atoms in total. The van der Waals surface area contributed by atoms with E-state index in [0.717, 1.165) is 23.9 Å². The van der Waals surface area contributed by atoms with Gasteiger partial charge < -0.3 is 10.6 Å². The highest BCUT2D eigenvalue weighted by molar-refractivity contribution is 9.10. The van der Waals surface area contributed by atoms with E-state index < -0.39 is 0 Å². The van der Waals surface area contributed by atoms with Crippen molar-refractivity contribution in [2.24, 2.45) is 5.92 Å². The van der Waals surface area contributed by atoms with Gasteiger partial charge >= 0.3 is 0 Å². The van der Waals surface area contributed by atoms with Crippen LogP contribution in [0.1, 0.15) is 18.4 Å². The minimum absolute atomic E-state index is 0.00561. The molecule has 1 amide bonds. The second-order valence-corrected chi connectivity index (χ2v) is 5.25. The van der Waals surface area contributed by atoms with Crippen molar-refractivity contribution in [3.63, 3.8) is 0 Å². The highest BCUT2D eigenvalue weighted by Gasteiger charge is 2.21.